The number of halogens is 1. The zero-order valence-electron chi connectivity index (χ0n) is 11.6. The maximum Gasteiger partial charge on any atom is 0.330 e. The summed E-state index contributed by atoms with van der Waals surface area (Å²) < 4.78 is 10.4. The van der Waals surface area contributed by atoms with Crippen molar-refractivity contribution >= 4 is 23.1 Å². The fraction of sp³-hybridized carbons (Fsp3) is 0.188. The molecule has 2 rings (SSSR count). The number of rotatable bonds is 3. The molecule has 0 atom stereocenters. The maximum absolute atomic E-state index is 11.2. The van der Waals surface area contributed by atoms with Crippen LogP contribution in [0.2, 0.25) is 5.02 Å². The molecule has 104 valence electrons. The zero-order chi connectivity index (χ0) is 14.7. The second-order valence-corrected chi connectivity index (χ2v) is 4.91. The van der Waals surface area contributed by atoms with Gasteiger partial charge in [-0.05, 0) is 49.2 Å². The molecule has 0 radical (unpaired) electrons. The van der Waals surface area contributed by atoms with Crippen molar-refractivity contribution in [2.24, 2.45) is 0 Å². The summed E-state index contributed by atoms with van der Waals surface area (Å²) in [7, 11) is 1.34. The fourth-order valence-corrected chi connectivity index (χ4v) is 2.03. The Kier molecular flexibility index (Phi) is 4.30. The molecule has 0 aliphatic carbocycles. The number of hydrogen-bond acceptors (Lipinski definition) is 3. The van der Waals surface area contributed by atoms with Crippen LogP contribution in [-0.4, -0.2) is 13.1 Å². The summed E-state index contributed by atoms with van der Waals surface area (Å²) in [5.74, 6) is 0.946. The molecule has 1 heterocycles. The first-order chi connectivity index (χ1) is 9.51. The topological polar surface area (TPSA) is 39.4 Å². The average molecular weight is 291 g/mol. The number of aryl methyl sites for hydroxylation is 1. The van der Waals surface area contributed by atoms with Crippen molar-refractivity contribution in [2.75, 3.05) is 7.11 Å². The van der Waals surface area contributed by atoms with E-state index in [4.69, 9.17) is 16.0 Å². The van der Waals surface area contributed by atoms with Crippen LogP contribution < -0.4 is 0 Å². The third kappa shape index (κ3) is 3.11. The predicted octanol–water partition coefficient (Wildman–Crippen LogP) is 4.48. The minimum Gasteiger partial charge on any atom is -0.466 e. The Bertz CT molecular complexity index is 668. The van der Waals surface area contributed by atoms with Gasteiger partial charge in [0.15, 0.2) is 0 Å². The molecule has 0 aliphatic heterocycles. The molecule has 0 fully saturated rings. The van der Waals surface area contributed by atoms with Gasteiger partial charge >= 0.3 is 5.97 Å². The van der Waals surface area contributed by atoms with Crippen molar-refractivity contribution in [1.29, 1.82) is 0 Å². The summed E-state index contributed by atoms with van der Waals surface area (Å²) in [6, 6.07) is 9.33. The summed E-state index contributed by atoms with van der Waals surface area (Å²) in [5.41, 5.74) is 2.72. The number of methoxy groups -OCH3 is 1. The van der Waals surface area contributed by atoms with Crippen LogP contribution in [0, 0.1) is 6.92 Å². The lowest BCUT2D eigenvalue weighted by atomic mass is 10.1. The number of furan rings is 1. The lowest BCUT2D eigenvalue weighted by molar-refractivity contribution is -0.134. The molecule has 0 spiro atoms. The Morgan fingerprint density at radius 2 is 2.05 bits per heavy atom. The molecule has 3 nitrogen and oxygen atoms in total. The number of carbonyl (C=O) groups excluding carboxylic acids is 1. The monoisotopic (exact) mass is 290 g/mol. The predicted molar refractivity (Wildman–Crippen MR) is 79.6 cm³/mol. The standard InChI is InChI=1S/C16H15ClO3/c1-10-4-5-12(17)9-13(10)15-7-6-14(20-15)11(2)8-16(18)19-3/h4-9H,1-3H3/b11-8+. The summed E-state index contributed by atoms with van der Waals surface area (Å²) >= 11 is 6.01. The van der Waals surface area contributed by atoms with Crippen LogP contribution in [0.3, 0.4) is 0 Å². The van der Waals surface area contributed by atoms with Crippen molar-refractivity contribution in [1.82, 2.24) is 0 Å². The molecule has 0 unspecified atom stereocenters. The van der Waals surface area contributed by atoms with E-state index in [0.29, 0.717) is 16.4 Å². The Hall–Kier alpha value is -2.00. The summed E-state index contributed by atoms with van der Waals surface area (Å²) in [5, 5.41) is 0.658. The van der Waals surface area contributed by atoms with Crippen molar-refractivity contribution in [3.8, 4) is 11.3 Å². The number of hydrogen-bond donors (Lipinski definition) is 0. The van der Waals surface area contributed by atoms with Crippen molar-refractivity contribution in [3.05, 3.63) is 52.8 Å². The molecule has 0 saturated carbocycles. The number of allylic oxidation sites excluding steroid dienone is 1. The van der Waals surface area contributed by atoms with Gasteiger partial charge < -0.3 is 9.15 Å². The zero-order valence-corrected chi connectivity index (χ0v) is 12.3. The minimum absolute atomic E-state index is 0.403. The van der Waals surface area contributed by atoms with E-state index in [1.807, 2.05) is 37.3 Å². The SMILES string of the molecule is COC(=O)/C=C(\C)c1ccc(-c2cc(Cl)ccc2C)o1. The molecule has 0 saturated heterocycles. The lowest BCUT2D eigenvalue weighted by Crippen LogP contribution is -1.95. The number of esters is 1. The van der Waals surface area contributed by atoms with E-state index in [1.165, 1.54) is 13.2 Å². The van der Waals surface area contributed by atoms with E-state index in [9.17, 15) is 4.79 Å². The minimum atomic E-state index is -0.403. The van der Waals surface area contributed by atoms with E-state index in [0.717, 1.165) is 16.9 Å². The summed E-state index contributed by atoms with van der Waals surface area (Å²) in [4.78, 5) is 11.2. The number of ether oxygens (including phenoxy) is 1. The molecular formula is C16H15ClO3. The van der Waals surface area contributed by atoms with E-state index in [-0.39, 0.29) is 0 Å². The average Bonchev–Trinajstić information content (AvgIpc) is 2.91. The maximum atomic E-state index is 11.2. The third-order valence-electron chi connectivity index (χ3n) is 3.00. The first-order valence-corrected chi connectivity index (χ1v) is 6.52. The normalized spacial score (nSPS) is 11.5. The van der Waals surface area contributed by atoms with Gasteiger partial charge in [0, 0.05) is 16.7 Å². The first-order valence-electron chi connectivity index (χ1n) is 6.14. The fourth-order valence-electron chi connectivity index (χ4n) is 1.86. The van der Waals surface area contributed by atoms with Gasteiger partial charge in [-0.3, -0.25) is 0 Å². The lowest BCUT2D eigenvalue weighted by Gasteiger charge is -2.03. The summed E-state index contributed by atoms with van der Waals surface area (Å²) in [6.07, 6.45) is 1.40. The van der Waals surface area contributed by atoms with Crippen LogP contribution in [0.5, 0.6) is 0 Å². The second-order valence-electron chi connectivity index (χ2n) is 4.47. The molecule has 0 aliphatic rings. The highest BCUT2D eigenvalue weighted by Crippen LogP contribution is 2.30. The molecule has 4 heteroatoms. The molecule has 0 N–H and O–H groups in total. The highest BCUT2D eigenvalue weighted by molar-refractivity contribution is 6.30. The van der Waals surface area contributed by atoms with Gasteiger partial charge in [0.25, 0.3) is 0 Å². The van der Waals surface area contributed by atoms with Gasteiger partial charge in [0.05, 0.1) is 7.11 Å². The van der Waals surface area contributed by atoms with E-state index < -0.39 is 5.97 Å². The largest absolute Gasteiger partial charge is 0.466 e. The van der Waals surface area contributed by atoms with Gasteiger partial charge in [-0.1, -0.05) is 17.7 Å². The smallest absolute Gasteiger partial charge is 0.330 e. The van der Waals surface area contributed by atoms with Crippen LogP contribution in [0.15, 0.2) is 40.8 Å². The Labute approximate surface area is 122 Å². The van der Waals surface area contributed by atoms with Crippen molar-refractivity contribution < 1.29 is 13.9 Å². The van der Waals surface area contributed by atoms with Crippen LogP contribution >= 0.6 is 11.6 Å². The highest BCUT2D eigenvalue weighted by atomic mass is 35.5. The molecule has 0 bridgehead atoms. The molecule has 1 aromatic heterocycles. The van der Waals surface area contributed by atoms with Crippen LogP contribution in [0.1, 0.15) is 18.2 Å². The molecule has 20 heavy (non-hydrogen) atoms. The summed E-state index contributed by atoms with van der Waals surface area (Å²) in [6.45, 7) is 3.79. The Balaban J connectivity index is 2.36. The second kappa shape index (κ2) is 5.97. The molecule has 2 aromatic rings. The van der Waals surface area contributed by atoms with E-state index >= 15 is 0 Å². The van der Waals surface area contributed by atoms with Crippen LogP contribution in [-0.2, 0) is 9.53 Å². The third-order valence-corrected chi connectivity index (χ3v) is 3.23. The Morgan fingerprint density at radius 1 is 1.30 bits per heavy atom. The number of benzene rings is 1. The van der Waals surface area contributed by atoms with E-state index in [1.54, 1.807) is 6.92 Å². The van der Waals surface area contributed by atoms with Crippen LogP contribution in [0.4, 0.5) is 0 Å². The van der Waals surface area contributed by atoms with Gasteiger partial charge in [-0.15, -0.1) is 0 Å². The van der Waals surface area contributed by atoms with Crippen molar-refractivity contribution in [3.63, 3.8) is 0 Å². The van der Waals surface area contributed by atoms with Crippen LogP contribution in [0.25, 0.3) is 16.9 Å². The van der Waals surface area contributed by atoms with E-state index in [2.05, 4.69) is 4.74 Å². The van der Waals surface area contributed by atoms with Gasteiger partial charge in [-0.25, -0.2) is 4.79 Å². The quantitative estimate of drug-likeness (QED) is 0.618. The molecular weight excluding hydrogens is 276 g/mol. The Morgan fingerprint density at radius 3 is 2.75 bits per heavy atom. The van der Waals surface area contributed by atoms with Crippen molar-refractivity contribution in [2.45, 2.75) is 13.8 Å². The highest BCUT2D eigenvalue weighted by Gasteiger charge is 2.10. The first kappa shape index (κ1) is 14.4. The molecule has 1 aromatic carbocycles. The van der Waals surface area contributed by atoms with Gasteiger partial charge in [-0.2, -0.15) is 0 Å². The molecule has 0 amide bonds. The van der Waals surface area contributed by atoms with Gasteiger partial charge in [0.2, 0.25) is 0 Å². The number of carbonyl (C=O) groups is 1. The van der Waals surface area contributed by atoms with Gasteiger partial charge in [0.1, 0.15) is 11.5 Å².